The second kappa shape index (κ2) is 6.21. The first-order valence-corrected chi connectivity index (χ1v) is 6.35. The molecule has 1 aromatic heterocycles. The zero-order chi connectivity index (χ0) is 13.8. The van der Waals surface area contributed by atoms with Crippen LogP contribution in [0.25, 0.3) is 0 Å². The molecular weight excluding hydrogens is 294 g/mol. The average molecular weight is 305 g/mol. The van der Waals surface area contributed by atoms with E-state index in [0.29, 0.717) is 17.3 Å². The number of alkyl halides is 1. The Hall–Kier alpha value is -1.33. The summed E-state index contributed by atoms with van der Waals surface area (Å²) in [6.07, 6.45) is 3.17. The predicted molar refractivity (Wildman–Crippen MR) is 69.7 cm³/mol. The molecule has 2 heterocycles. The van der Waals surface area contributed by atoms with E-state index in [9.17, 15) is 9.18 Å². The molecule has 0 saturated carbocycles. The summed E-state index contributed by atoms with van der Waals surface area (Å²) < 4.78 is 17.4. The van der Waals surface area contributed by atoms with Gasteiger partial charge in [0.05, 0.1) is 5.02 Å². The van der Waals surface area contributed by atoms with Gasteiger partial charge < -0.3 is 9.64 Å². The van der Waals surface area contributed by atoms with E-state index in [0.717, 1.165) is 5.56 Å². The Morgan fingerprint density at radius 1 is 1.47 bits per heavy atom. The third-order valence-electron chi connectivity index (χ3n) is 2.62. The van der Waals surface area contributed by atoms with Crippen LogP contribution in [0.3, 0.4) is 0 Å². The lowest BCUT2D eigenvalue weighted by Crippen LogP contribution is -2.28. The van der Waals surface area contributed by atoms with Gasteiger partial charge in [0.1, 0.15) is 24.1 Å². The molecule has 0 saturated heterocycles. The molecule has 0 amide bonds. The molecule has 0 bridgehead atoms. The Kier molecular flexibility index (Phi) is 4.61. The first-order chi connectivity index (χ1) is 9.11. The van der Waals surface area contributed by atoms with Crippen molar-refractivity contribution in [2.45, 2.75) is 6.54 Å². The van der Waals surface area contributed by atoms with E-state index in [-0.39, 0.29) is 18.3 Å². The van der Waals surface area contributed by atoms with Crippen LogP contribution in [0.4, 0.5) is 4.39 Å². The van der Waals surface area contributed by atoms with Gasteiger partial charge in [-0.3, -0.25) is 0 Å². The molecule has 0 aliphatic carbocycles. The number of hydrogen-bond donors (Lipinski definition) is 0. The number of ether oxygens (including phenoxy) is 1. The van der Waals surface area contributed by atoms with Crippen LogP contribution in [0.1, 0.15) is 5.56 Å². The predicted octanol–water partition coefficient (Wildman–Crippen LogP) is 2.60. The number of hydrogen-bond acceptors (Lipinski definition) is 4. The van der Waals surface area contributed by atoms with Crippen LogP contribution in [0, 0.1) is 0 Å². The number of aromatic nitrogens is 1. The summed E-state index contributed by atoms with van der Waals surface area (Å²) in [6, 6.07) is 1.64. The van der Waals surface area contributed by atoms with Crippen LogP contribution < -0.4 is 0 Å². The lowest BCUT2D eigenvalue weighted by Gasteiger charge is -2.22. The van der Waals surface area contributed by atoms with Gasteiger partial charge in [0, 0.05) is 19.3 Å². The fourth-order valence-electron chi connectivity index (χ4n) is 1.77. The van der Waals surface area contributed by atoms with Crippen molar-refractivity contribution in [1.29, 1.82) is 0 Å². The van der Waals surface area contributed by atoms with Gasteiger partial charge in [-0.1, -0.05) is 23.2 Å². The van der Waals surface area contributed by atoms with Gasteiger partial charge in [-0.2, -0.15) is 0 Å². The van der Waals surface area contributed by atoms with E-state index in [2.05, 4.69) is 4.98 Å². The van der Waals surface area contributed by atoms with Crippen LogP contribution in [0.2, 0.25) is 10.2 Å². The van der Waals surface area contributed by atoms with E-state index in [4.69, 9.17) is 27.9 Å². The van der Waals surface area contributed by atoms with Crippen molar-refractivity contribution in [1.82, 2.24) is 9.88 Å². The summed E-state index contributed by atoms with van der Waals surface area (Å²) in [5.74, 6) is -0.443. The van der Waals surface area contributed by atoms with E-state index in [1.165, 1.54) is 0 Å². The Morgan fingerprint density at radius 2 is 2.26 bits per heavy atom. The van der Waals surface area contributed by atoms with Crippen LogP contribution in [0.5, 0.6) is 0 Å². The monoisotopic (exact) mass is 304 g/mol. The van der Waals surface area contributed by atoms with Gasteiger partial charge in [0.15, 0.2) is 0 Å². The quantitative estimate of drug-likeness (QED) is 0.619. The van der Waals surface area contributed by atoms with Gasteiger partial charge in [-0.15, -0.1) is 0 Å². The maximum absolute atomic E-state index is 12.6. The number of esters is 1. The SMILES string of the molecule is O=C1OCC=C1N(CCF)Cc1cnc(Cl)c(Cl)c1. The molecular formula is C12H11Cl2FN2O2. The second-order valence-electron chi connectivity index (χ2n) is 3.91. The molecule has 0 radical (unpaired) electrons. The van der Waals surface area contributed by atoms with Crippen molar-refractivity contribution in [3.8, 4) is 0 Å². The van der Waals surface area contributed by atoms with Gasteiger partial charge in [0.25, 0.3) is 0 Å². The van der Waals surface area contributed by atoms with Crippen molar-refractivity contribution in [2.75, 3.05) is 19.8 Å². The molecule has 0 aromatic carbocycles. The second-order valence-corrected chi connectivity index (χ2v) is 4.68. The Morgan fingerprint density at radius 3 is 2.84 bits per heavy atom. The highest BCUT2D eigenvalue weighted by molar-refractivity contribution is 6.41. The summed E-state index contributed by atoms with van der Waals surface area (Å²) in [7, 11) is 0. The Bertz CT molecular complexity index is 522. The fraction of sp³-hybridized carbons (Fsp3) is 0.333. The summed E-state index contributed by atoms with van der Waals surface area (Å²) in [5.41, 5.74) is 1.10. The number of rotatable bonds is 5. The van der Waals surface area contributed by atoms with E-state index >= 15 is 0 Å². The van der Waals surface area contributed by atoms with Crippen LogP contribution in [-0.2, 0) is 16.1 Å². The van der Waals surface area contributed by atoms with Gasteiger partial charge >= 0.3 is 5.97 Å². The molecule has 0 atom stereocenters. The van der Waals surface area contributed by atoms with Gasteiger partial charge in [-0.25, -0.2) is 14.2 Å². The van der Waals surface area contributed by atoms with Crippen molar-refractivity contribution >= 4 is 29.2 Å². The molecule has 1 aliphatic heterocycles. The highest BCUT2D eigenvalue weighted by Crippen LogP contribution is 2.22. The molecule has 0 N–H and O–H groups in total. The summed E-state index contributed by atoms with van der Waals surface area (Å²) >= 11 is 11.6. The topological polar surface area (TPSA) is 42.4 Å². The lowest BCUT2D eigenvalue weighted by atomic mass is 10.2. The smallest absolute Gasteiger partial charge is 0.354 e. The maximum atomic E-state index is 12.6. The number of carbonyl (C=O) groups is 1. The minimum atomic E-state index is -0.570. The molecule has 0 spiro atoms. The Labute approximate surface area is 119 Å². The first kappa shape index (κ1) is 14.1. The highest BCUT2D eigenvalue weighted by Gasteiger charge is 2.23. The summed E-state index contributed by atoms with van der Waals surface area (Å²) in [5, 5.41) is 0.532. The minimum Gasteiger partial charge on any atom is -0.457 e. The summed E-state index contributed by atoms with van der Waals surface area (Å²) in [6.45, 7) is 0.0614. The van der Waals surface area contributed by atoms with E-state index in [1.54, 1.807) is 23.2 Å². The fourth-order valence-corrected chi connectivity index (χ4v) is 2.06. The van der Waals surface area contributed by atoms with E-state index in [1.807, 2.05) is 0 Å². The average Bonchev–Trinajstić information content (AvgIpc) is 2.79. The molecule has 1 aliphatic rings. The molecule has 0 fully saturated rings. The van der Waals surface area contributed by atoms with Crippen LogP contribution >= 0.6 is 23.2 Å². The third kappa shape index (κ3) is 3.36. The van der Waals surface area contributed by atoms with E-state index < -0.39 is 12.6 Å². The molecule has 19 heavy (non-hydrogen) atoms. The number of carbonyl (C=O) groups excluding carboxylic acids is 1. The van der Waals surface area contributed by atoms with Crippen molar-refractivity contribution in [3.63, 3.8) is 0 Å². The van der Waals surface area contributed by atoms with Crippen molar-refractivity contribution in [2.24, 2.45) is 0 Å². The highest BCUT2D eigenvalue weighted by atomic mass is 35.5. The standard InChI is InChI=1S/C12H11Cl2FN2O2/c13-9-5-8(6-16-11(9)14)7-17(3-2-15)10-1-4-19-12(10)18/h1,5-6H,2-4,7H2. The summed E-state index contributed by atoms with van der Waals surface area (Å²) in [4.78, 5) is 17.0. The van der Waals surface area contributed by atoms with Crippen LogP contribution in [-0.4, -0.2) is 35.7 Å². The zero-order valence-corrected chi connectivity index (χ0v) is 11.4. The normalized spacial score (nSPS) is 14.3. The molecule has 7 heteroatoms. The first-order valence-electron chi connectivity index (χ1n) is 5.60. The third-order valence-corrected chi connectivity index (χ3v) is 3.31. The number of cyclic esters (lactones) is 1. The lowest BCUT2D eigenvalue weighted by molar-refractivity contribution is -0.137. The Balaban J connectivity index is 2.16. The molecule has 102 valence electrons. The van der Waals surface area contributed by atoms with Gasteiger partial charge in [-0.05, 0) is 17.7 Å². The van der Waals surface area contributed by atoms with Crippen molar-refractivity contribution in [3.05, 3.63) is 39.8 Å². The molecule has 1 aromatic rings. The zero-order valence-electron chi connectivity index (χ0n) is 9.91. The van der Waals surface area contributed by atoms with Gasteiger partial charge in [0.2, 0.25) is 0 Å². The number of halogens is 3. The molecule has 2 rings (SSSR count). The maximum Gasteiger partial charge on any atom is 0.354 e. The van der Waals surface area contributed by atoms with Crippen molar-refractivity contribution < 1.29 is 13.9 Å². The number of nitrogens with zero attached hydrogens (tertiary/aromatic N) is 2. The number of pyridine rings is 1. The van der Waals surface area contributed by atoms with Crippen LogP contribution in [0.15, 0.2) is 24.0 Å². The molecule has 4 nitrogen and oxygen atoms in total. The minimum absolute atomic E-state index is 0.0984. The largest absolute Gasteiger partial charge is 0.457 e. The molecule has 0 unspecified atom stereocenters.